The molecule has 0 amide bonds. The number of nitrogen functional groups attached to an aromatic ring is 1. The molecule has 1 aromatic heterocycles. The summed E-state index contributed by atoms with van der Waals surface area (Å²) in [5, 5.41) is 4.25. The Labute approximate surface area is 94.8 Å². The summed E-state index contributed by atoms with van der Waals surface area (Å²) >= 11 is 1.96. The van der Waals surface area contributed by atoms with Crippen molar-refractivity contribution in [1.29, 1.82) is 0 Å². The average molecular weight is 223 g/mol. The van der Waals surface area contributed by atoms with Gasteiger partial charge < -0.3 is 11.1 Å². The van der Waals surface area contributed by atoms with E-state index in [0.29, 0.717) is 11.9 Å². The second-order valence-corrected chi connectivity index (χ2v) is 5.10. The van der Waals surface area contributed by atoms with Gasteiger partial charge in [-0.05, 0) is 37.7 Å². The van der Waals surface area contributed by atoms with Gasteiger partial charge in [0.2, 0.25) is 0 Å². The van der Waals surface area contributed by atoms with Crippen LogP contribution in [-0.2, 0) is 0 Å². The van der Waals surface area contributed by atoms with Crippen LogP contribution >= 0.6 is 11.8 Å². The van der Waals surface area contributed by atoms with Crippen molar-refractivity contribution in [3.05, 3.63) is 18.2 Å². The smallest absolute Gasteiger partial charge is 0.128 e. The Balaban J connectivity index is 1.92. The van der Waals surface area contributed by atoms with Gasteiger partial charge in [-0.2, -0.15) is 11.8 Å². The van der Waals surface area contributed by atoms with Crippen LogP contribution in [-0.4, -0.2) is 22.5 Å². The highest BCUT2D eigenvalue weighted by atomic mass is 32.2. The number of hydrogen-bond donors (Lipinski definition) is 2. The van der Waals surface area contributed by atoms with Gasteiger partial charge in [-0.25, -0.2) is 4.98 Å². The van der Waals surface area contributed by atoms with Crippen molar-refractivity contribution in [2.45, 2.75) is 30.6 Å². The van der Waals surface area contributed by atoms with Crippen molar-refractivity contribution in [2.24, 2.45) is 0 Å². The number of hydrogen-bond acceptors (Lipinski definition) is 4. The van der Waals surface area contributed by atoms with Gasteiger partial charge in [-0.1, -0.05) is 6.07 Å². The summed E-state index contributed by atoms with van der Waals surface area (Å²) in [5.41, 5.74) is 5.63. The first kappa shape index (κ1) is 10.6. The molecule has 1 fully saturated rings. The molecule has 82 valence electrons. The predicted molar refractivity (Wildman–Crippen MR) is 67.2 cm³/mol. The van der Waals surface area contributed by atoms with Crippen LogP contribution < -0.4 is 11.1 Å². The molecule has 15 heavy (non-hydrogen) atoms. The van der Waals surface area contributed by atoms with E-state index in [1.54, 1.807) is 0 Å². The third kappa shape index (κ3) is 2.78. The summed E-state index contributed by atoms with van der Waals surface area (Å²) in [4.78, 5) is 4.25. The van der Waals surface area contributed by atoms with E-state index < -0.39 is 0 Å². The van der Waals surface area contributed by atoms with E-state index in [0.717, 1.165) is 11.1 Å². The lowest BCUT2D eigenvalue weighted by Gasteiger charge is -2.13. The lowest BCUT2D eigenvalue weighted by Crippen LogP contribution is -2.17. The molecule has 0 aliphatic heterocycles. The Morgan fingerprint density at radius 3 is 3.00 bits per heavy atom. The quantitative estimate of drug-likeness (QED) is 0.826. The van der Waals surface area contributed by atoms with Gasteiger partial charge in [-0.3, -0.25) is 0 Å². The van der Waals surface area contributed by atoms with Crippen LogP contribution in [0.1, 0.15) is 19.3 Å². The Morgan fingerprint density at radius 2 is 2.33 bits per heavy atom. The van der Waals surface area contributed by atoms with Crippen LogP contribution in [0.15, 0.2) is 18.2 Å². The van der Waals surface area contributed by atoms with Gasteiger partial charge in [0, 0.05) is 11.3 Å². The molecule has 1 heterocycles. The second kappa shape index (κ2) is 4.75. The van der Waals surface area contributed by atoms with E-state index in [1.807, 2.05) is 30.0 Å². The highest BCUT2D eigenvalue weighted by molar-refractivity contribution is 7.99. The van der Waals surface area contributed by atoms with Crippen molar-refractivity contribution >= 4 is 23.4 Å². The van der Waals surface area contributed by atoms with Crippen molar-refractivity contribution in [1.82, 2.24) is 4.98 Å². The lowest BCUT2D eigenvalue weighted by molar-refractivity contribution is 0.752. The van der Waals surface area contributed by atoms with E-state index in [1.165, 1.54) is 19.3 Å². The Kier molecular flexibility index (Phi) is 3.36. The monoisotopic (exact) mass is 223 g/mol. The fraction of sp³-hybridized carbons (Fsp3) is 0.545. The normalized spacial score (nSPS) is 25.4. The average Bonchev–Trinajstić information content (AvgIpc) is 2.65. The molecule has 3 nitrogen and oxygen atoms in total. The molecule has 0 saturated heterocycles. The van der Waals surface area contributed by atoms with Gasteiger partial charge in [0.1, 0.15) is 11.6 Å². The molecule has 0 bridgehead atoms. The first-order valence-electron chi connectivity index (χ1n) is 5.30. The van der Waals surface area contributed by atoms with Crippen molar-refractivity contribution in [3.63, 3.8) is 0 Å². The maximum absolute atomic E-state index is 5.63. The summed E-state index contributed by atoms with van der Waals surface area (Å²) in [6.45, 7) is 0. The predicted octanol–water partition coefficient (Wildman–Crippen LogP) is 2.36. The molecular formula is C11H17N3S. The third-order valence-electron chi connectivity index (χ3n) is 2.84. The maximum atomic E-state index is 5.63. The van der Waals surface area contributed by atoms with Crippen molar-refractivity contribution in [2.75, 3.05) is 17.3 Å². The molecule has 2 rings (SSSR count). The highest BCUT2D eigenvalue weighted by Crippen LogP contribution is 2.29. The molecule has 1 aromatic rings. The van der Waals surface area contributed by atoms with Gasteiger partial charge in [0.15, 0.2) is 0 Å². The van der Waals surface area contributed by atoms with E-state index >= 15 is 0 Å². The zero-order chi connectivity index (χ0) is 10.7. The number of nitrogens with zero attached hydrogens (tertiary/aromatic N) is 1. The summed E-state index contributed by atoms with van der Waals surface area (Å²) in [5.74, 6) is 1.49. The summed E-state index contributed by atoms with van der Waals surface area (Å²) < 4.78 is 0. The zero-order valence-electron chi connectivity index (χ0n) is 8.94. The molecular weight excluding hydrogens is 206 g/mol. The zero-order valence-corrected chi connectivity index (χ0v) is 9.76. The number of thioether (sulfide) groups is 1. The third-order valence-corrected chi connectivity index (χ3v) is 3.94. The van der Waals surface area contributed by atoms with Crippen LogP contribution in [0.25, 0.3) is 0 Å². The van der Waals surface area contributed by atoms with Crippen molar-refractivity contribution < 1.29 is 0 Å². The first-order chi connectivity index (χ1) is 7.28. The Morgan fingerprint density at radius 1 is 1.47 bits per heavy atom. The van der Waals surface area contributed by atoms with Crippen molar-refractivity contribution in [3.8, 4) is 0 Å². The fourth-order valence-electron chi connectivity index (χ4n) is 2.03. The second-order valence-electron chi connectivity index (χ2n) is 3.96. The molecule has 3 N–H and O–H groups in total. The van der Waals surface area contributed by atoms with Crippen LogP contribution in [0, 0.1) is 0 Å². The van der Waals surface area contributed by atoms with E-state index in [4.69, 9.17) is 5.73 Å². The van der Waals surface area contributed by atoms with Crippen LogP contribution in [0.3, 0.4) is 0 Å². The molecule has 0 aromatic carbocycles. The SMILES string of the molecule is CSC1CCC(Nc2cccc(N)n2)C1. The molecule has 4 heteroatoms. The summed E-state index contributed by atoms with van der Waals surface area (Å²) in [7, 11) is 0. The van der Waals surface area contributed by atoms with Gasteiger partial charge in [0.25, 0.3) is 0 Å². The van der Waals surface area contributed by atoms with E-state index in [2.05, 4.69) is 16.6 Å². The highest BCUT2D eigenvalue weighted by Gasteiger charge is 2.23. The van der Waals surface area contributed by atoms with E-state index in [-0.39, 0.29) is 0 Å². The molecule has 0 spiro atoms. The minimum atomic E-state index is 0.566. The van der Waals surface area contributed by atoms with Crippen LogP contribution in [0.4, 0.5) is 11.6 Å². The van der Waals surface area contributed by atoms with Gasteiger partial charge in [-0.15, -0.1) is 0 Å². The standard InChI is InChI=1S/C11H17N3S/c1-15-9-6-5-8(7-9)13-11-4-2-3-10(12)14-11/h2-4,8-9H,5-7H2,1H3,(H3,12,13,14). The Bertz CT molecular complexity index is 329. The maximum Gasteiger partial charge on any atom is 0.128 e. The number of anilines is 2. The lowest BCUT2D eigenvalue weighted by atomic mass is 10.2. The molecule has 0 radical (unpaired) electrons. The number of nitrogens with two attached hydrogens (primary N) is 1. The van der Waals surface area contributed by atoms with Crippen LogP contribution in [0.2, 0.25) is 0 Å². The van der Waals surface area contributed by atoms with Gasteiger partial charge >= 0.3 is 0 Å². The van der Waals surface area contributed by atoms with E-state index in [9.17, 15) is 0 Å². The molecule has 1 aliphatic carbocycles. The summed E-state index contributed by atoms with van der Waals surface area (Å²) in [6.07, 6.45) is 5.96. The topological polar surface area (TPSA) is 50.9 Å². The van der Waals surface area contributed by atoms with Crippen LogP contribution in [0.5, 0.6) is 0 Å². The molecule has 2 unspecified atom stereocenters. The molecule has 1 aliphatic rings. The Hall–Kier alpha value is -0.900. The number of pyridine rings is 1. The fourth-order valence-corrected chi connectivity index (χ4v) is 2.82. The summed E-state index contributed by atoms with van der Waals surface area (Å²) in [6, 6.07) is 6.29. The number of rotatable bonds is 3. The minimum absolute atomic E-state index is 0.566. The minimum Gasteiger partial charge on any atom is -0.384 e. The largest absolute Gasteiger partial charge is 0.384 e. The number of nitrogens with one attached hydrogen (secondary N) is 1. The molecule has 2 atom stereocenters. The molecule has 1 saturated carbocycles. The first-order valence-corrected chi connectivity index (χ1v) is 6.58. The number of aromatic nitrogens is 1. The van der Waals surface area contributed by atoms with Gasteiger partial charge in [0.05, 0.1) is 0 Å².